The van der Waals surface area contributed by atoms with Crippen LogP contribution in [0.3, 0.4) is 0 Å². The summed E-state index contributed by atoms with van der Waals surface area (Å²) in [5.74, 6) is 0.768. The number of hydrogen-bond acceptors (Lipinski definition) is 6. The Bertz CT molecular complexity index is 700. The van der Waals surface area contributed by atoms with Crippen LogP contribution in [0, 0.1) is 0 Å². The number of carbonyl (C=O) groups is 1. The van der Waals surface area contributed by atoms with E-state index in [1.807, 2.05) is 0 Å². The topological polar surface area (TPSA) is 106 Å². The number of rotatable bonds is 10. The predicted octanol–water partition coefficient (Wildman–Crippen LogP) is 1.05. The molecule has 0 radical (unpaired) electrons. The van der Waals surface area contributed by atoms with Gasteiger partial charge in [-0.2, -0.15) is 0 Å². The van der Waals surface area contributed by atoms with Crippen LogP contribution in [0.15, 0.2) is 23.1 Å². The minimum absolute atomic E-state index is 0. The van der Waals surface area contributed by atoms with Crippen LogP contribution in [-0.4, -0.2) is 53.7 Å². The molecule has 1 aliphatic rings. The van der Waals surface area contributed by atoms with Crippen LogP contribution in [0.2, 0.25) is 0 Å². The quantitative estimate of drug-likeness (QED) is 0.488. The first-order valence-corrected chi connectivity index (χ1v) is 10.4. The van der Waals surface area contributed by atoms with E-state index < -0.39 is 10.0 Å². The van der Waals surface area contributed by atoms with Gasteiger partial charge in [0.05, 0.1) is 18.1 Å². The maximum atomic E-state index is 12.4. The van der Waals surface area contributed by atoms with Gasteiger partial charge in [-0.1, -0.05) is 6.92 Å². The van der Waals surface area contributed by atoms with Gasteiger partial charge in [-0.05, 0) is 25.1 Å². The molecule has 0 saturated carbocycles. The number of sulfonamides is 1. The summed E-state index contributed by atoms with van der Waals surface area (Å²) >= 11 is 0. The molecule has 0 atom stereocenters. The maximum Gasteiger partial charge on any atom is 0.240 e. The van der Waals surface area contributed by atoms with Gasteiger partial charge in [0, 0.05) is 38.5 Å². The van der Waals surface area contributed by atoms with Gasteiger partial charge in [0.2, 0.25) is 15.9 Å². The summed E-state index contributed by atoms with van der Waals surface area (Å²) in [7, 11) is -3.71. The van der Waals surface area contributed by atoms with E-state index in [0.717, 1.165) is 19.4 Å². The first-order valence-electron chi connectivity index (χ1n) is 8.89. The van der Waals surface area contributed by atoms with Crippen molar-refractivity contribution in [1.82, 2.24) is 15.4 Å². The lowest BCUT2D eigenvalue weighted by molar-refractivity contribution is -0.120. The van der Waals surface area contributed by atoms with Crippen molar-refractivity contribution in [2.24, 2.45) is 0 Å². The SMILES string of the molecule is CCCNCCNC(=O)CCNS(=O)(=O)c1ccc2c(c1)OCCCO2.Cl. The van der Waals surface area contributed by atoms with Crippen LogP contribution in [0.25, 0.3) is 0 Å². The van der Waals surface area contributed by atoms with Crippen LogP contribution < -0.4 is 24.8 Å². The first kappa shape index (κ1) is 23.5. The van der Waals surface area contributed by atoms with Gasteiger partial charge in [0.25, 0.3) is 0 Å². The van der Waals surface area contributed by atoms with Crippen molar-refractivity contribution in [1.29, 1.82) is 0 Å². The molecule has 27 heavy (non-hydrogen) atoms. The Morgan fingerprint density at radius 1 is 1.07 bits per heavy atom. The average Bonchev–Trinajstić information content (AvgIpc) is 2.86. The first-order chi connectivity index (χ1) is 12.5. The largest absolute Gasteiger partial charge is 0.490 e. The standard InChI is InChI=1S/C17H27N3O5S.ClH/c1-2-7-18-9-10-19-17(21)6-8-20-26(22,23)14-4-5-15-16(13-14)25-12-3-11-24-15;/h4-5,13,18,20H,2-3,6-12H2,1H3,(H,19,21);1H. The molecule has 3 N–H and O–H groups in total. The van der Waals surface area contributed by atoms with E-state index in [-0.39, 0.29) is 36.2 Å². The molecule has 0 aliphatic carbocycles. The van der Waals surface area contributed by atoms with Crippen LogP contribution in [-0.2, 0) is 14.8 Å². The summed E-state index contributed by atoms with van der Waals surface area (Å²) in [4.78, 5) is 11.8. The van der Waals surface area contributed by atoms with Gasteiger partial charge < -0.3 is 20.1 Å². The molecule has 1 amide bonds. The average molecular weight is 422 g/mol. The number of hydrogen-bond donors (Lipinski definition) is 3. The van der Waals surface area contributed by atoms with Gasteiger partial charge in [0.1, 0.15) is 0 Å². The molecule has 0 unspecified atom stereocenters. The fraction of sp³-hybridized carbons (Fsp3) is 0.588. The van der Waals surface area contributed by atoms with Crippen molar-refractivity contribution in [3.8, 4) is 11.5 Å². The maximum absolute atomic E-state index is 12.4. The lowest BCUT2D eigenvalue weighted by atomic mass is 10.3. The zero-order chi connectivity index (χ0) is 18.8. The molecule has 1 aromatic carbocycles. The highest BCUT2D eigenvalue weighted by Crippen LogP contribution is 2.31. The van der Waals surface area contributed by atoms with E-state index in [1.165, 1.54) is 12.1 Å². The van der Waals surface area contributed by atoms with Crippen LogP contribution in [0.5, 0.6) is 11.5 Å². The highest BCUT2D eigenvalue weighted by atomic mass is 35.5. The highest BCUT2D eigenvalue weighted by molar-refractivity contribution is 7.89. The second-order valence-electron chi connectivity index (χ2n) is 5.91. The fourth-order valence-corrected chi connectivity index (χ4v) is 3.42. The second kappa shape index (κ2) is 12.0. The molecule has 1 aromatic rings. The van der Waals surface area contributed by atoms with Gasteiger partial charge >= 0.3 is 0 Å². The van der Waals surface area contributed by atoms with Crippen molar-refractivity contribution < 1.29 is 22.7 Å². The third kappa shape index (κ3) is 7.92. The molecule has 1 aliphatic heterocycles. The summed E-state index contributed by atoms with van der Waals surface area (Å²) in [5.41, 5.74) is 0. The number of ether oxygens (including phenoxy) is 2. The molecule has 0 fully saturated rings. The minimum Gasteiger partial charge on any atom is -0.490 e. The molecule has 0 bridgehead atoms. The number of benzene rings is 1. The Balaban J connectivity index is 0.00000364. The third-order valence-electron chi connectivity index (χ3n) is 3.72. The van der Waals surface area contributed by atoms with Gasteiger partial charge in [-0.3, -0.25) is 4.79 Å². The van der Waals surface area contributed by atoms with Gasteiger partial charge in [-0.15, -0.1) is 12.4 Å². The number of fused-ring (bicyclic) bond motifs is 1. The molecule has 8 nitrogen and oxygen atoms in total. The van der Waals surface area contributed by atoms with E-state index in [4.69, 9.17) is 9.47 Å². The van der Waals surface area contributed by atoms with Crippen molar-refractivity contribution in [2.75, 3.05) is 39.4 Å². The summed E-state index contributed by atoms with van der Waals surface area (Å²) in [5, 5.41) is 5.92. The van der Waals surface area contributed by atoms with Crippen molar-refractivity contribution >= 4 is 28.3 Å². The van der Waals surface area contributed by atoms with E-state index >= 15 is 0 Å². The Labute approximate surface area is 166 Å². The number of halogens is 1. The van der Waals surface area contributed by atoms with Gasteiger partial charge in [-0.25, -0.2) is 13.1 Å². The zero-order valence-corrected chi connectivity index (χ0v) is 17.1. The number of carbonyl (C=O) groups excluding carboxylic acids is 1. The lowest BCUT2D eigenvalue weighted by Crippen LogP contribution is -2.34. The highest BCUT2D eigenvalue weighted by Gasteiger charge is 2.18. The van der Waals surface area contributed by atoms with Crippen LogP contribution in [0.1, 0.15) is 26.2 Å². The summed E-state index contributed by atoms with van der Waals surface area (Å²) in [6, 6.07) is 4.50. The van der Waals surface area contributed by atoms with Crippen molar-refractivity contribution in [3.63, 3.8) is 0 Å². The normalized spacial score (nSPS) is 13.4. The molecule has 1 heterocycles. The zero-order valence-electron chi connectivity index (χ0n) is 15.5. The molecule has 0 spiro atoms. The Morgan fingerprint density at radius 2 is 1.81 bits per heavy atom. The molecule has 2 rings (SSSR count). The molecular formula is C17H28ClN3O5S. The third-order valence-corrected chi connectivity index (χ3v) is 5.18. The number of amides is 1. The molecule has 0 saturated heterocycles. The molecule has 0 aromatic heterocycles. The van der Waals surface area contributed by atoms with Crippen LogP contribution in [0.4, 0.5) is 0 Å². The van der Waals surface area contributed by atoms with Gasteiger partial charge in [0.15, 0.2) is 11.5 Å². The Kier molecular flexibility index (Phi) is 10.5. The van der Waals surface area contributed by atoms with Crippen molar-refractivity contribution in [2.45, 2.75) is 31.1 Å². The molecular weight excluding hydrogens is 394 g/mol. The smallest absolute Gasteiger partial charge is 0.240 e. The Hall–Kier alpha value is -1.55. The van der Waals surface area contributed by atoms with Crippen LogP contribution >= 0.6 is 12.4 Å². The fourth-order valence-electron chi connectivity index (χ4n) is 2.37. The van der Waals surface area contributed by atoms with E-state index in [1.54, 1.807) is 6.07 Å². The van der Waals surface area contributed by atoms with E-state index in [9.17, 15) is 13.2 Å². The lowest BCUT2D eigenvalue weighted by Gasteiger charge is -2.11. The van der Waals surface area contributed by atoms with E-state index in [2.05, 4.69) is 22.3 Å². The summed E-state index contributed by atoms with van der Waals surface area (Å²) < 4.78 is 38.2. The minimum atomic E-state index is -3.71. The molecule has 154 valence electrons. The monoisotopic (exact) mass is 421 g/mol. The van der Waals surface area contributed by atoms with E-state index in [0.29, 0.717) is 37.8 Å². The number of nitrogens with one attached hydrogen (secondary N) is 3. The summed E-state index contributed by atoms with van der Waals surface area (Å²) in [6.07, 6.45) is 1.87. The predicted molar refractivity (Wildman–Crippen MR) is 105 cm³/mol. The molecule has 10 heteroatoms. The summed E-state index contributed by atoms with van der Waals surface area (Å²) in [6.45, 7) is 5.25. The van der Waals surface area contributed by atoms with Crippen molar-refractivity contribution in [3.05, 3.63) is 18.2 Å². The Morgan fingerprint density at radius 3 is 2.56 bits per heavy atom. The second-order valence-corrected chi connectivity index (χ2v) is 7.67.